The number of carbonyl (C=O) groups is 1. The Balaban J connectivity index is 1.57. The average Bonchev–Trinajstić information content (AvgIpc) is 3.11. The lowest BCUT2D eigenvalue weighted by molar-refractivity contribution is -0.120. The molecule has 0 radical (unpaired) electrons. The molecule has 1 aliphatic heterocycles. The van der Waals surface area contributed by atoms with Crippen molar-refractivity contribution >= 4 is 29.2 Å². The zero-order chi connectivity index (χ0) is 19.9. The Hall–Kier alpha value is -2.74. The first kappa shape index (κ1) is 20.0. The molecule has 0 aliphatic carbocycles. The van der Waals surface area contributed by atoms with Crippen LogP contribution in [0.2, 0.25) is 5.02 Å². The number of piperazine rings is 1. The highest BCUT2D eigenvalue weighted by molar-refractivity contribution is 6.32. The Morgan fingerprint density at radius 1 is 1.36 bits per heavy atom. The second kappa shape index (κ2) is 9.45. The number of halogens is 1. The molecule has 1 N–H and O–H groups in total. The number of para-hydroxylation sites is 1. The minimum absolute atomic E-state index is 0.0252. The highest BCUT2D eigenvalue weighted by Crippen LogP contribution is 2.22. The van der Waals surface area contributed by atoms with E-state index in [9.17, 15) is 4.79 Å². The van der Waals surface area contributed by atoms with E-state index in [0.717, 1.165) is 12.2 Å². The first-order valence-corrected chi connectivity index (χ1v) is 9.66. The number of carbonyl (C=O) groups excluding carboxylic acids is 1. The number of anilines is 1. The van der Waals surface area contributed by atoms with Crippen LogP contribution >= 0.6 is 11.6 Å². The number of hydrogen-bond donors (Lipinski definition) is 1. The second-order valence-corrected chi connectivity index (χ2v) is 6.76. The molecule has 1 amide bonds. The Morgan fingerprint density at radius 3 is 2.86 bits per heavy atom. The monoisotopic (exact) mass is 404 g/mol. The molecule has 150 valence electrons. The Morgan fingerprint density at radius 2 is 2.18 bits per heavy atom. The number of aryl methyl sites for hydroxylation is 1. The molecular formula is C19H25ClN6O2. The van der Waals surface area contributed by atoms with E-state index in [-0.39, 0.29) is 12.5 Å². The number of amides is 1. The van der Waals surface area contributed by atoms with Crippen molar-refractivity contribution in [2.75, 3.05) is 44.2 Å². The molecule has 1 aromatic carbocycles. The van der Waals surface area contributed by atoms with E-state index in [2.05, 4.69) is 15.4 Å². The van der Waals surface area contributed by atoms with E-state index in [1.165, 1.54) is 0 Å². The van der Waals surface area contributed by atoms with Gasteiger partial charge in [0.25, 0.3) is 0 Å². The molecule has 1 aliphatic rings. The summed E-state index contributed by atoms with van der Waals surface area (Å²) in [6.45, 7) is 5.15. The minimum Gasteiger partial charge on any atom is -0.490 e. The molecule has 0 unspecified atom stereocenters. The van der Waals surface area contributed by atoms with Crippen molar-refractivity contribution in [3.8, 4) is 5.75 Å². The molecule has 1 fully saturated rings. The smallest absolute Gasteiger partial charge is 0.246 e. The zero-order valence-electron chi connectivity index (χ0n) is 16.1. The lowest BCUT2D eigenvalue weighted by atomic mass is 10.3. The predicted octanol–water partition coefficient (Wildman–Crippen LogP) is 1.77. The molecule has 0 saturated carbocycles. The van der Waals surface area contributed by atoms with Gasteiger partial charge in [-0.05, 0) is 19.1 Å². The van der Waals surface area contributed by atoms with Crippen LogP contribution in [0.25, 0.3) is 0 Å². The average molecular weight is 405 g/mol. The number of aliphatic imine (C=N–C) groups is 1. The van der Waals surface area contributed by atoms with Crippen LogP contribution < -0.4 is 15.0 Å². The fourth-order valence-corrected chi connectivity index (χ4v) is 3.16. The molecule has 0 atom stereocenters. The van der Waals surface area contributed by atoms with Crippen LogP contribution in [0.4, 0.5) is 5.69 Å². The summed E-state index contributed by atoms with van der Waals surface area (Å²) in [4.78, 5) is 20.9. The fourth-order valence-electron chi connectivity index (χ4n) is 2.97. The molecular weight excluding hydrogens is 380 g/mol. The SMILES string of the molecule is CCNC(=NCCOc1ccccc1Cl)N1CCN(c2cnn(C)c2)C(=O)C1. The number of ether oxygens (including phenoxy) is 1. The summed E-state index contributed by atoms with van der Waals surface area (Å²) in [5, 5.41) is 7.97. The quantitative estimate of drug-likeness (QED) is 0.451. The summed E-state index contributed by atoms with van der Waals surface area (Å²) >= 11 is 6.09. The number of hydrogen-bond acceptors (Lipinski definition) is 4. The van der Waals surface area contributed by atoms with E-state index in [4.69, 9.17) is 16.3 Å². The molecule has 9 heteroatoms. The van der Waals surface area contributed by atoms with Crippen molar-refractivity contribution in [3.05, 3.63) is 41.7 Å². The van der Waals surface area contributed by atoms with Crippen LogP contribution in [0.5, 0.6) is 5.75 Å². The van der Waals surface area contributed by atoms with Gasteiger partial charge in [0.05, 0.1) is 23.5 Å². The maximum atomic E-state index is 12.6. The van der Waals surface area contributed by atoms with Crippen LogP contribution in [-0.4, -0.2) is 65.9 Å². The van der Waals surface area contributed by atoms with Gasteiger partial charge in [-0.2, -0.15) is 5.10 Å². The molecule has 0 spiro atoms. The van der Waals surface area contributed by atoms with Gasteiger partial charge in [0.15, 0.2) is 5.96 Å². The highest BCUT2D eigenvalue weighted by atomic mass is 35.5. The molecule has 1 aromatic heterocycles. The van der Waals surface area contributed by atoms with E-state index >= 15 is 0 Å². The first-order valence-electron chi connectivity index (χ1n) is 9.28. The molecule has 3 rings (SSSR count). The van der Waals surface area contributed by atoms with E-state index in [1.54, 1.807) is 21.8 Å². The molecule has 1 saturated heterocycles. The summed E-state index contributed by atoms with van der Waals surface area (Å²) in [6, 6.07) is 7.35. The zero-order valence-corrected chi connectivity index (χ0v) is 16.9. The van der Waals surface area contributed by atoms with Gasteiger partial charge in [-0.15, -0.1) is 0 Å². The number of rotatable bonds is 6. The number of guanidine groups is 1. The summed E-state index contributed by atoms with van der Waals surface area (Å²) in [5.74, 6) is 1.38. The minimum atomic E-state index is 0.0252. The maximum absolute atomic E-state index is 12.6. The molecule has 2 heterocycles. The van der Waals surface area contributed by atoms with Gasteiger partial charge >= 0.3 is 0 Å². The third kappa shape index (κ3) is 4.95. The maximum Gasteiger partial charge on any atom is 0.246 e. The van der Waals surface area contributed by atoms with Gasteiger partial charge in [0, 0.05) is 32.9 Å². The molecule has 2 aromatic rings. The van der Waals surface area contributed by atoms with Gasteiger partial charge in [0.1, 0.15) is 18.9 Å². The summed E-state index contributed by atoms with van der Waals surface area (Å²) in [6.07, 6.45) is 3.55. The van der Waals surface area contributed by atoms with Crippen molar-refractivity contribution < 1.29 is 9.53 Å². The number of nitrogens with one attached hydrogen (secondary N) is 1. The Kier molecular flexibility index (Phi) is 6.76. The normalized spacial score (nSPS) is 15.1. The standard InChI is InChI=1S/C19H25ClN6O2/c1-3-21-19(22-8-11-28-17-7-5-4-6-16(17)20)25-9-10-26(18(27)14-25)15-12-23-24(2)13-15/h4-7,12-13H,3,8-11,14H2,1-2H3,(H,21,22). The summed E-state index contributed by atoms with van der Waals surface area (Å²) in [7, 11) is 1.84. The van der Waals surface area contributed by atoms with Crippen LogP contribution in [0, 0.1) is 0 Å². The van der Waals surface area contributed by atoms with Crippen molar-refractivity contribution in [3.63, 3.8) is 0 Å². The molecule has 28 heavy (non-hydrogen) atoms. The Labute approximate surface area is 169 Å². The molecule has 8 nitrogen and oxygen atoms in total. The van der Waals surface area contributed by atoms with Crippen LogP contribution in [0.15, 0.2) is 41.7 Å². The highest BCUT2D eigenvalue weighted by Gasteiger charge is 2.27. The second-order valence-electron chi connectivity index (χ2n) is 6.35. The van der Waals surface area contributed by atoms with Crippen LogP contribution in [0.1, 0.15) is 6.92 Å². The van der Waals surface area contributed by atoms with Crippen molar-refractivity contribution in [2.45, 2.75) is 6.92 Å². The largest absolute Gasteiger partial charge is 0.490 e. The third-order valence-electron chi connectivity index (χ3n) is 4.31. The number of nitrogens with zero attached hydrogens (tertiary/aromatic N) is 5. The summed E-state index contributed by atoms with van der Waals surface area (Å²) < 4.78 is 7.38. The van der Waals surface area contributed by atoms with Gasteiger partial charge in [-0.3, -0.25) is 9.48 Å². The van der Waals surface area contributed by atoms with Gasteiger partial charge in [0.2, 0.25) is 5.91 Å². The van der Waals surface area contributed by atoms with Gasteiger partial charge < -0.3 is 19.9 Å². The topological polar surface area (TPSA) is 75.0 Å². The number of aromatic nitrogens is 2. The Bertz CT molecular complexity index is 837. The number of benzene rings is 1. The molecule has 0 bridgehead atoms. The van der Waals surface area contributed by atoms with Crippen molar-refractivity contribution in [2.24, 2.45) is 12.0 Å². The first-order chi connectivity index (χ1) is 13.6. The van der Waals surface area contributed by atoms with E-state index in [0.29, 0.717) is 43.0 Å². The lowest BCUT2D eigenvalue weighted by Crippen LogP contribution is -2.55. The van der Waals surface area contributed by atoms with Gasteiger partial charge in [-0.1, -0.05) is 23.7 Å². The van der Waals surface area contributed by atoms with Crippen molar-refractivity contribution in [1.82, 2.24) is 20.0 Å². The van der Waals surface area contributed by atoms with Crippen LogP contribution in [0.3, 0.4) is 0 Å². The van der Waals surface area contributed by atoms with Crippen molar-refractivity contribution in [1.29, 1.82) is 0 Å². The van der Waals surface area contributed by atoms with Crippen LogP contribution in [-0.2, 0) is 11.8 Å². The summed E-state index contributed by atoms with van der Waals surface area (Å²) in [5.41, 5.74) is 0.822. The van der Waals surface area contributed by atoms with Gasteiger partial charge in [-0.25, -0.2) is 4.99 Å². The third-order valence-corrected chi connectivity index (χ3v) is 4.62. The predicted molar refractivity (Wildman–Crippen MR) is 110 cm³/mol. The van der Waals surface area contributed by atoms with E-state index in [1.807, 2.05) is 43.3 Å². The fraction of sp³-hybridized carbons (Fsp3) is 0.421. The lowest BCUT2D eigenvalue weighted by Gasteiger charge is -2.35. The van der Waals surface area contributed by atoms with E-state index < -0.39 is 0 Å².